The van der Waals surface area contributed by atoms with E-state index in [4.69, 9.17) is 16.3 Å². The molecule has 0 saturated heterocycles. The van der Waals surface area contributed by atoms with Crippen molar-refractivity contribution in [2.75, 3.05) is 13.2 Å². The molecule has 2 aromatic carbocycles. The quantitative estimate of drug-likeness (QED) is 0.395. The van der Waals surface area contributed by atoms with Gasteiger partial charge in [0, 0.05) is 24.2 Å². The van der Waals surface area contributed by atoms with E-state index >= 15 is 0 Å². The first-order valence-corrected chi connectivity index (χ1v) is 10.4. The van der Waals surface area contributed by atoms with Crippen LogP contribution >= 0.6 is 11.6 Å². The largest absolute Gasteiger partial charge is 0.449 e. The van der Waals surface area contributed by atoms with E-state index in [1.807, 2.05) is 49.4 Å². The van der Waals surface area contributed by atoms with Crippen LogP contribution in [0.1, 0.15) is 34.6 Å². The Kier molecular flexibility index (Phi) is 6.15. The van der Waals surface area contributed by atoms with E-state index in [-0.39, 0.29) is 5.92 Å². The molecule has 1 amide bonds. The van der Waals surface area contributed by atoms with Gasteiger partial charge < -0.3 is 10.1 Å². The van der Waals surface area contributed by atoms with Crippen molar-refractivity contribution in [2.45, 2.75) is 19.3 Å². The molecule has 4 nitrogen and oxygen atoms in total. The molecule has 0 unspecified atom stereocenters. The van der Waals surface area contributed by atoms with Gasteiger partial charge in [-0.1, -0.05) is 72.3 Å². The summed E-state index contributed by atoms with van der Waals surface area (Å²) in [6.45, 7) is 2.78. The second-order valence-electron chi connectivity index (χ2n) is 7.34. The minimum atomic E-state index is -0.402. The number of hydrogen-bond acceptors (Lipinski definition) is 3. The van der Waals surface area contributed by atoms with E-state index in [0.717, 1.165) is 11.1 Å². The third kappa shape index (κ3) is 4.39. The Labute approximate surface area is 181 Å². The fourth-order valence-corrected chi connectivity index (χ4v) is 3.98. The number of hydrogen-bond donors (Lipinski definition) is 1. The molecule has 0 fully saturated rings. The Morgan fingerprint density at radius 3 is 2.50 bits per heavy atom. The van der Waals surface area contributed by atoms with Gasteiger partial charge in [-0.2, -0.15) is 0 Å². The summed E-state index contributed by atoms with van der Waals surface area (Å²) in [6, 6.07) is 18.6. The Bertz CT molecular complexity index is 1050. The topological polar surface area (TPSA) is 51.2 Å². The molecule has 3 aromatic rings. The maximum atomic E-state index is 12.2. The first-order valence-electron chi connectivity index (χ1n) is 10.0. The van der Waals surface area contributed by atoms with Crippen LogP contribution in [0.15, 0.2) is 66.9 Å². The number of ether oxygens (including phenoxy) is 1. The van der Waals surface area contributed by atoms with Crippen molar-refractivity contribution in [1.82, 2.24) is 10.3 Å². The smallest absolute Gasteiger partial charge is 0.407 e. The maximum Gasteiger partial charge on any atom is 0.407 e. The average Bonchev–Trinajstić information content (AvgIpc) is 3.08. The Morgan fingerprint density at radius 2 is 1.80 bits per heavy atom. The lowest BCUT2D eigenvalue weighted by Crippen LogP contribution is -2.26. The number of pyridine rings is 1. The van der Waals surface area contributed by atoms with E-state index in [1.165, 1.54) is 22.3 Å². The molecular formula is C25H23ClN2O2. The summed E-state index contributed by atoms with van der Waals surface area (Å²) in [5.74, 6) is 0.0685. The molecular weight excluding hydrogens is 396 g/mol. The fraction of sp³-hybridized carbons (Fsp3) is 0.200. The van der Waals surface area contributed by atoms with E-state index < -0.39 is 6.09 Å². The Hall–Kier alpha value is -3.11. The van der Waals surface area contributed by atoms with Gasteiger partial charge in [0.15, 0.2) is 0 Å². The number of carbonyl (C=O) groups excluding carboxylic acids is 1. The fourth-order valence-electron chi connectivity index (χ4n) is 3.81. The highest BCUT2D eigenvalue weighted by Crippen LogP contribution is 2.44. The van der Waals surface area contributed by atoms with Crippen LogP contribution in [0.5, 0.6) is 0 Å². The second kappa shape index (κ2) is 9.14. The zero-order valence-corrected chi connectivity index (χ0v) is 17.5. The van der Waals surface area contributed by atoms with Gasteiger partial charge in [-0.15, -0.1) is 0 Å². The van der Waals surface area contributed by atoms with Gasteiger partial charge in [-0.3, -0.25) is 0 Å². The summed E-state index contributed by atoms with van der Waals surface area (Å²) in [6.07, 6.45) is 5.89. The molecule has 1 N–H and O–H groups in total. The third-order valence-electron chi connectivity index (χ3n) is 5.22. The SMILES string of the molecule is Cc1cnc(Cl)c(C=CCCNC(=O)OCC2c3ccccc3-c3ccccc32)c1. The maximum absolute atomic E-state index is 12.2. The number of halogens is 1. The van der Waals surface area contributed by atoms with E-state index in [0.29, 0.717) is 24.7 Å². The lowest BCUT2D eigenvalue weighted by molar-refractivity contribution is 0.143. The van der Waals surface area contributed by atoms with Crippen LogP contribution in [0.2, 0.25) is 5.15 Å². The number of fused-ring (bicyclic) bond motifs is 3. The van der Waals surface area contributed by atoms with Gasteiger partial charge in [-0.25, -0.2) is 9.78 Å². The van der Waals surface area contributed by atoms with Gasteiger partial charge in [0.05, 0.1) is 0 Å². The van der Waals surface area contributed by atoms with E-state index in [9.17, 15) is 4.79 Å². The number of amides is 1. The molecule has 5 heteroatoms. The van der Waals surface area contributed by atoms with Crippen LogP contribution in [0, 0.1) is 6.92 Å². The van der Waals surface area contributed by atoms with Crippen LogP contribution < -0.4 is 5.32 Å². The number of aryl methyl sites for hydroxylation is 1. The third-order valence-corrected chi connectivity index (χ3v) is 5.54. The van der Waals surface area contributed by atoms with E-state index in [2.05, 4.69) is 34.6 Å². The van der Waals surface area contributed by atoms with Crippen molar-refractivity contribution >= 4 is 23.8 Å². The lowest BCUT2D eigenvalue weighted by Gasteiger charge is -2.14. The molecule has 1 aliphatic carbocycles. The van der Waals surface area contributed by atoms with Crippen LogP contribution in [-0.4, -0.2) is 24.2 Å². The molecule has 0 aliphatic heterocycles. The number of benzene rings is 2. The minimum absolute atomic E-state index is 0.0685. The molecule has 1 aromatic heterocycles. The van der Waals surface area contributed by atoms with Gasteiger partial charge in [-0.05, 0) is 47.2 Å². The number of alkyl carbamates (subject to hydrolysis) is 1. The summed E-state index contributed by atoms with van der Waals surface area (Å²) in [5.41, 5.74) is 6.78. The lowest BCUT2D eigenvalue weighted by atomic mass is 9.98. The van der Waals surface area contributed by atoms with Gasteiger partial charge in [0.1, 0.15) is 11.8 Å². The van der Waals surface area contributed by atoms with Crippen molar-refractivity contribution in [3.8, 4) is 11.1 Å². The highest BCUT2D eigenvalue weighted by molar-refractivity contribution is 6.30. The highest BCUT2D eigenvalue weighted by Gasteiger charge is 2.28. The number of nitrogens with zero attached hydrogens (tertiary/aromatic N) is 1. The first-order chi connectivity index (χ1) is 14.6. The number of aromatic nitrogens is 1. The first kappa shape index (κ1) is 20.2. The zero-order chi connectivity index (χ0) is 20.9. The summed E-state index contributed by atoms with van der Waals surface area (Å²) in [7, 11) is 0. The Morgan fingerprint density at radius 1 is 1.13 bits per heavy atom. The van der Waals surface area contributed by atoms with Gasteiger partial charge >= 0.3 is 6.09 Å². The number of carbonyl (C=O) groups is 1. The predicted octanol–water partition coefficient (Wildman–Crippen LogP) is 5.99. The van der Waals surface area contributed by atoms with Crippen molar-refractivity contribution in [1.29, 1.82) is 0 Å². The molecule has 1 aliphatic rings. The molecule has 30 heavy (non-hydrogen) atoms. The molecule has 1 heterocycles. The van der Waals surface area contributed by atoms with Crippen molar-refractivity contribution in [3.63, 3.8) is 0 Å². The second-order valence-corrected chi connectivity index (χ2v) is 7.69. The molecule has 0 saturated carbocycles. The molecule has 0 bridgehead atoms. The Balaban J connectivity index is 1.28. The monoisotopic (exact) mass is 418 g/mol. The highest BCUT2D eigenvalue weighted by atomic mass is 35.5. The van der Waals surface area contributed by atoms with Crippen LogP contribution in [0.25, 0.3) is 17.2 Å². The van der Waals surface area contributed by atoms with Gasteiger partial charge in [0.25, 0.3) is 0 Å². The standard InChI is InChI=1S/C25H23ClN2O2/c1-17-14-18(24(26)28-15-17)8-6-7-13-27-25(29)30-16-23-21-11-4-2-9-19(21)20-10-3-5-12-22(20)23/h2-6,8-12,14-15,23H,7,13,16H2,1H3,(H,27,29). The zero-order valence-electron chi connectivity index (χ0n) is 16.8. The molecule has 0 spiro atoms. The van der Waals surface area contributed by atoms with Crippen molar-refractivity contribution in [2.24, 2.45) is 0 Å². The average molecular weight is 419 g/mol. The van der Waals surface area contributed by atoms with Crippen LogP contribution in [0.4, 0.5) is 4.79 Å². The van der Waals surface area contributed by atoms with E-state index in [1.54, 1.807) is 6.20 Å². The van der Waals surface area contributed by atoms with Gasteiger partial charge in [0.2, 0.25) is 0 Å². The van der Waals surface area contributed by atoms with Crippen LogP contribution in [0.3, 0.4) is 0 Å². The molecule has 152 valence electrons. The van der Waals surface area contributed by atoms with Crippen molar-refractivity contribution in [3.05, 3.63) is 94.3 Å². The minimum Gasteiger partial charge on any atom is -0.449 e. The summed E-state index contributed by atoms with van der Waals surface area (Å²) in [4.78, 5) is 16.3. The molecule has 0 atom stereocenters. The normalized spacial score (nSPS) is 12.6. The molecule has 0 radical (unpaired) electrons. The summed E-state index contributed by atoms with van der Waals surface area (Å²) in [5, 5.41) is 3.28. The number of rotatable bonds is 6. The number of nitrogens with one attached hydrogen (secondary N) is 1. The van der Waals surface area contributed by atoms with Crippen molar-refractivity contribution < 1.29 is 9.53 Å². The summed E-state index contributed by atoms with van der Waals surface area (Å²) < 4.78 is 5.53. The predicted molar refractivity (Wildman–Crippen MR) is 121 cm³/mol. The van der Waals surface area contributed by atoms with Crippen LogP contribution in [-0.2, 0) is 4.74 Å². The summed E-state index contributed by atoms with van der Waals surface area (Å²) >= 11 is 6.08. The molecule has 4 rings (SSSR count).